The van der Waals surface area contributed by atoms with Crippen molar-refractivity contribution in [3.8, 4) is 0 Å². The second kappa shape index (κ2) is 4.64. The van der Waals surface area contributed by atoms with Crippen molar-refractivity contribution in [3.63, 3.8) is 0 Å². The van der Waals surface area contributed by atoms with Gasteiger partial charge in [0.2, 0.25) is 10.0 Å². The molecule has 5 nitrogen and oxygen atoms in total. The quantitative estimate of drug-likeness (QED) is 0.813. The molecule has 2 N–H and O–H groups in total. The van der Waals surface area contributed by atoms with Crippen LogP contribution in [0, 0.1) is 0 Å². The van der Waals surface area contributed by atoms with Gasteiger partial charge in [0.05, 0.1) is 5.69 Å². The predicted molar refractivity (Wildman–Crippen MR) is 67.5 cm³/mol. The summed E-state index contributed by atoms with van der Waals surface area (Å²) in [5.74, 6) is 0. The smallest absolute Gasteiger partial charge is 0.240 e. The van der Waals surface area contributed by atoms with Gasteiger partial charge < -0.3 is 9.80 Å². The Morgan fingerprint density at radius 1 is 1.12 bits per heavy atom. The average Bonchev–Trinajstić information content (AvgIpc) is 2.29. The molecule has 1 aliphatic heterocycles. The molecular formula is C11H17N3O2S. The molecule has 2 rings (SSSR count). The molecule has 0 radical (unpaired) electrons. The first-order chi connectivity index (χ1) is 7.98. The Balaban J connectivity index is 2.33. The van der Waals surface area contributed by atoms with Gasteiger partial charge in [-0.1, -0.05) is 12.1 Å². The summed E-state index contributed by atoms with van der Waals surface area (Å²) in [5.41, 5.74) is 0.711. The van der Waals surface area contributed by atoms with E-state index in [1.165, 1.54) is 0 Å². The third-order valence-electron chi connectivity index (χ3n) is 3.02. The number of rotatable bonds is 2. The van der Waals surface area contributed by atoms with Gasteiger partial charge in [0, 0.05) is 26.2 Å². The van der Waals surface area contributed by atoms with Gasteiger partial charge in [-0.05, 0) is 19.2 Å². The van der Waals surface area contributed by atoms with Gasteiger partial charge in [-0.15, -0.1) is 0 Å². The molecule has 0 bridgehead atoms. The van der Waals surface area contributed by atoms with Crippen LogP contribution in [-0.4, -0.2) is 46.5 Å². The van der Waals surface area contributed by atoms with Crippen LogP contribution < -0.4 is 10.0 Å². The van der Waals surface area contributed by atoms with Gasteiger partial charge in [0.1, 0.15) is 4.90 Å². The Morgan fingerprint density at radius 2 is 1.71 bits per heavy atom. The molecule has 1 aromatic rings. The highest BCUT2D eigenvalue weighted by molar-refractivity contribution is 7.89. The van der Waals surface area contributed by atoms with E-state index >= 15 is 0 Å². The van der Waals surface area contributed by atoms with Crippen molar-refractivity contribution in [3.05, 3.63) is 24.3 Å². The summed E-state index contributed by atoms with van der Waals surface area (Å²) in [4.78, 5) is 4.50. The summed E-state index contributed by atoms with van der Waals surface area (Å²) in [6.07, 6.45) is 0. The molecule has 0 aromatic heterocycles. The zero-order valence-corrected chi connectivity index (χ0v) is 10.7. The molecule has 0 atom stereocenters. The van der Waals surface area contributed by atoms with Crippen LogP contribution in [0.4, 0.5) is 5.69 Å². The maximum Gasteiger partial charge on any atom is 0.240 e. The van der Waals surface area contributed by atoms with Gasteiger partial charge in [0.15, 0.2) is 0 Å². The minimum absolute atomic E-state index is 0.213. The molecule has 1 saturated heterocycles. The minimum Gasteiger partial charge on any atom is -0.368 e. The van der Waals surface area contributed by atoms with Crippen LogP contribution in [0.5, 0.6) is 0 Å². The van der Waals surface area contributed by atoms with Crippen molar-refractivity contribution >= 4 is 15.7 Å². The van der Waals surface area contributed by atoms with Crippen LogP contribution >= 0.6 is 0 Å². The second-order valence-corrected chi connectivity index (χ2v) is 5.83. The van der Waals surface area contributed by atoms with Crippen molar-refractivity contribution < 1.29 is 8.42 Å². The van der Waals surface area contributed by atoms with E-state index in [0.29, 0.717) is 5.69 Å². The molecule has 1 fully saturated rings. The zero-order valence-electron chi connectivity index (χ0n) is 9.83. The lowest BCUT2D eigenvalue weighted by Crippen LogP contribution is -2.45. The van der Waals surface area contributed by atoms with Crippen LogP contribution in [0.3, 0.4) is 0 Å². The number of nitrogens with zero attached hydrogens (tertiary/aromatic N) is 2. The monoisotopic (exact) mass is 255 g/mol. The lowest BCUT2D eigenvalue weighted by atomic mass is 10.2. The Labute approximate surface area is 102 Å². The van der Waals surface area contributed by atoms with E-state index in [1.54, 1.807) is 12.1 Å². The van der Waals surface area contributed by atoms with E-state index in [9.17, 15) is 8.42 Å². The Bertz CT molecular complexity index is 493. The number of likely N-dealkylation sites (N-methyl/N-ethyl adjacent to an activating group) is 1. The molecule has 0 amide bonds. The summed E-state index contributed by atoms with van der Waals surface area (Å²) in [7, 11) is -1.59. The fourth-order valence-corrected chi connectivity index (χ4v) is 2.76. The number of anilines is 1. The number of piperazine rings is 1. The highest BCUT2D eigenvalue weighted by atomic mass is 32.2. The molecular weight excluding hydrogens is 238 g/mol. The van der Waals surface area contributed by atoms with Crippen molar-refractivity contribution in [1.29, 1.82) is 0 Å². The van der Waals surface area contributed by atoms with Crippen molar-refractivity contribution in [2.24, 2.45) is 5.14 Å². The number of nitrogens with two attached hydrogens (primary N) is 1. The first-order valence-electron chi connectivity index (χ1n) is 5.54. The molecule has 17 heavy (non-hydrogen) atoms. The highest BCUT2D eigenvalue weighted by Crippen LogP contribution is 2.24. The molecule has 1 aliphatic rings. The predicted octanol–water partition coefficient (Wildman–Crippen LogP) is 0.0858. The van der Waals surface area contributed by atoms with Crippen LogP contribution in [0.15, 0.2) is 29.2 Å². The van der Waals surface area contributed by atoms with Gasteiger partial charge >= 0.3 is 0 Å². The zero-order chi connectivity index (χ0) is 12.5. The summed E-state index contributed by atoms with van der Waals surface area (Å²) < 4.78 is 23.0. The van der Waals surface area contributed by atoms with Gasteiger partial charge in [-0.25, -0.2) is 13.6 Å². The normalized spacial score (nSPS) is 18.4. The van der Waals surface area contributed by atoms with E-state index in [2.05, 4.69) is 16.8 Å². The molecule has 0 spiro atoms. The minimum atomic E-state index is -3.65. The SMILES string of the molecule is CN1CCN(c2ccccc2S(N)(=O)=O)CC1. The van der Waals surface area contributed by atoms with Gasteiger partial charge in [0.25, 0.3) is 0 Å². The third-order valence-corrected chi connectivity index (χ3v) is 3.97. The lowest BCUT2D eigenvalue weighted by molar-refractivity contribution is 0.312. The number of sulfonamides is 1. The fourth-order valence-electron chi connectivity index (χ4n) is 2.01. The molecule has 0 saturated carbocycles. The van der Waals surface area contributed by atoms with Crippen molar-refractivity contribution in [2.75, 3.05) is 38.1 Å². The number of para-hydroxylation sites is 1. The average molecular weight is 255 g/mol. The summed E-state index contributed by atoms with van der Waals surface area (Å²) in [6, 6.07) is 6.90. The van der Waals surface area contributed by atoms with Crippen LogP contribution in [0.1, 0.15) is 0 Å². The third kappa shape index (κ3) is 2.77. The first kappa shape index (κ1) is 12.3. The van der Waals surface area contributed by atoms with Crippen LogP contribution in [-0.2, 0) is 10.0 Å². The Hall–Kier alpha value is -1.11. The van der Waals surface area contributed by atoms with E-state index in [1.807, 2.05) is 12.1 Å². The van der Waals surface area contributed by atoms with Crippen molar-refractivity contribution in [1.82, 2.24) is 4.90 Å². The molecule has 94 valence electrons. The number of primary sulfonamides is 1. The van der Waals surface area contributed by atoms with Gasteiger partial charge in [-0.2, -0.15) is 0 Å². The van der Waals surface area contributed by atoms with Gasteiger partial charge in [-0.3, -0.25) is 0 Å². The number of benzene rings is 1. The van der Waals surface area contributed by atoms with E-state index in [4.69, 9.17) is 5.14 Å². The molecule has 6 heteroatoms. The molecule has 1 aromatic carbocycles. The summed E-state index contributed by atoms with van der Waals surface area (Å²) in [5, 5.41) is 5.23. The van der Waals surface area contributed by atoms with Crippen molar-refractivity contribution in [2.45, 2.75) is 4.90 Å². The van der Waals surface area contributed by atoms with Crippen LogP contribution in [0.2, 0.25) is 0 Å². The highest BCUT2D eigenvalue weighted by Gasteiger charge is 2.20. The molecule has 1 heterocycles. The Morgan fingerprint density at radius 3 is 2.29 bits per heavy atom. The topological polar surface area (TPSA) is 66.6 Å². The van der Waals surface area contributed by atoms with E-state index < -0.39 is 10.0 Å². The van der Waals surface area contributed by atoms with E-state index in [0.717, 1.165) is 26.2 Å². The molecule has 0 unspecified atom stereocenters. The molecule has 0 aliphatic carbocycles. The Kier molecular flexibility index (Phi) is 3.37. The second-order valence-electron chi connectivity index (χ2n) is 4.30. The maximum absolute atomic E-state index is 11.5. The standard InChI is InChI=1S/C11H17N3O2S/c1-13-6-8-14(9-7-13)10-4-2-3-5-11(10)17(12,15)16/h2-5H,6-9H2,1H3,(H2,12,15,16). The van der Waals surface area contributed by atoms with Crippen LogP contribution in [0.25, 0.3) is 0 Å². The lowest BCUT2D eigenvalue weighted by Gasteiger charge is -2.34. The first-order valence-corrected chi connectivity index (χ1v) is 7.08. The fraction of sp³-hybridized carbons (Fsp3) is 0.455. The number of hydrogen-bond acceptors (Lipinski definition) is 4. The van der Waals surface area contributed by atoms with E-state index in [-0.39, 0.29) is 4.90 Å². The summed E-state index contributed by atoms with van der Waals surface area (Å²) >= 11 is 0. The largest absolute Gasteiger partial charge is 0.368 e. The number of hydrogen-bond donors (Lipinski definition) is 1. The summed E-state index contributed by atoms with van der Waals surface area (Å²) in [6.45, 7) is 3.50. The maximum atomic E-state index is 11.5.